The number of nitrogens with zero attached hydrogens (tertiary/aromatic N) is 4. The van der Waals surface area contributed by atoms with E-state index in [-0.39, 0.29) is 28.9 Å². The summed E-state index contributed by atoms with van der Waals surface area (Å²) in [4.78, 5) is 29.0. The van der Waals surface area contributed by atoms with Gasteiger partial charge in [0, 0.05) is 32.8 Å². The smallest absolute Gasteiger partial charge is 0.259 e. The van der Waals surface area contributed by atoms with Crippen LogP contribution in [0.3, 0.4) is 0 Å². The number of aryl methyl sites for hydroxylation is 1. The Labute approximate surface area is 173 Å². The van der Waals surface area contributed by atoms with Gasteiger partial charge in [-0.05, 0) is 44.0 Å². The fourth-order valence-corrected chi connectivity index (χ4v) is 4.11. The van der Waals surface area contributed by atoms with Crippen LogP contribution in [0, 0.1) is 12.7 Å². The number of halogens is 2. The molecule has 2 aromatic rings. The standard InChI is InChI=1S/C20H22ClFN4O3/c1-13-17(18(21)26(23-13)15-6-4-14(22)5-7-15)20(28)25-10-8-24(9-11-25)19(27)16-3-2-12-29-16/h4-7,16H,2-3,8-12H2,1H3. The molecule has 9 heteroatoms. The van der Waals surface area contributed by atoms with Gasteiger partial charge in [0.05, 0.1) is 16.9 Å². The third-order valence-corrected chi connectivity index (χ3v) is 5.72. The van der Waals surface area contributed by atoms with Crippen LogP contribution < -0.4 is 0 Å². The van der Waals surface area contributed by atoms with Crippen molar-refractivity contribution in [2.75, 3.05) is 32.8 Å². The zero-order chi connectivity index (χ0) is 20.5. The Morgan fingerprint density at radius 2 is 1.79 bits per heavy atom. The molecule has 1 aromatic heterocycles. The molecule has 4 rings (SSSR count). The van der Waals surface area contributed by atoms with E-state index < -0.39 is 0 Å². The molecule has 2 aliphatic rings. The number of benzene rings is 1. The second-order valence-corrected chi connectivity index (χ2v) is 7.62. The number of aromatic nitrogens is 2. The van der Waals surface area contributed by atoms with Crippen LogP contribution in [-0.2, 0) is 9.53 Å². The summed E-state index contributed by atoms with van der Waals surface area (Å²) in [6.45, 7) is 4.13. The fraction of sp³-hybridized carbons (Fsp3) is 0.450. The molecule has 0 aliphatic carbocycles. The molecule has 29 heavy (non-hydrogen) atoms. The largest absolute Gasteiger partial charge is 0.368 e. The van der Waals surface area contributed by atoms with E-state index in [0.29, 0.717) is 49.7 Å². The predicted molar refractivity (Wildman–Crippen MR) is 105 cm³/mol. The normalized spacial score (nSPS) is 19.6. The van der Waals surface area contributed by atoms with Gasteiger partial charge in [0.1, 0.15) is 17.1 Å². The van der Waals surface area contributed by atoms with Gasteiger partial charge in [0.25, 0.3) is 11.8 Å². The number of hydrogen-bond donors (Lipinski definition) is 0. The van der Waals surface area contributed by atoms with E-state index in [1.807, 2.05) is 0 Å². The molecule has 1 atom stereocenters. The molecule has 1 unspecified atom stereocenters. The summed E-state index contributed by atoms with van der Waals surface area (Å²) in [5.41, 5.74) is 1.41. The van der Waals surface area contributed by atoms with Crippen molar-refractivity contribution >= 4 is 23.4 Å². The monoisotopic (exact) mass is 420 g/mol. The Morgan fingerprint density at radius 3 is 2.41 bits per heavy atom. The lowest BCUT2D eigenvalue weighted by molar-refractivity contribution is -0.142. The summed E-state index contributed by atoms with van der Waals surface area (Å²) in [6, 6.07) is 5.73. The van der Waals surface area contributed by atoms with Crippen LogP contribution in [0.2, 0.25) is 5.15 Å². The zero-order valence-corrected chi connectivity index (χ0v) is 16.9. The Bertz CT molecular complexity index is 917. The lowest BCUT2D eigenvalue weighted by atomic mass is 10.1. The van der Waals surface area contributed by atoms with Crippen LogP contribution in [0.1, 0.15) is 28.9 Å². The van der Waals surface area contributed by atoms with Crippen molar-refractivity contribution in [2.24, 2.45) is 0 Å². The number of amides is 2. The fourth-order valence-electron chi connectivity index (χ4n) is 3.76. The second kappa shape index (κ2) is 8.12. The van der Waals surface area contributed by atoms with E-state index in [1.165, 1.54) is 16.8 Å². The molecule has 2 saturated heterocycles. The molecular formula is C20H22ClFN4O3. The molecule has 0 radical (unpaired) electrons. The summed E-state index contributed by atoms with van der Waals surface area (Å²) >= 11 is 6.46. The quantitative estimate of drug-likeness (QED) is 0.764. The summed E-state index contributed by atoms with van der Waals surface area (Å²) in [5.74, 6) is -0.571. The van der Waals surface area contributed by atoms with Crippen LogP contribution >= 0.6 is 11.6 Å². The molecule has 2 fully saturated rings. The van der Waals surface area contributed by atoms with Gasteiger partial charge in [-0.25, -0.2) is 9.07 Å². The first kappa shape index (κ1) is 19.8. The summed E-state index contributed by atoms with van der Waals surface area (Å²) in [5, 5.41) is 4.55. The maximum atomic E-state index is 13.2. The van der Waals surface area contributed by atoms with Gasteiger partial charge in [-0.1, -0.05) is 11.6 Å². The van der Waals surface area contributed by atoms with E-state index in [9.17, 15) is 14.0 Å². The highest BCUT2D eigenvalue weighted by molar-refractivity contribution is 6.33. The molecule has 3 heterocycles. The molecule has 0 bridgehead atoms. The van der Waals surface area contributed by atoms with Crippen LogP contribution in [0.25, 0.3) is 5.69 Å². The van der Waals surface area contributed by atoms with Crippen molar-refractivity contribution in [1.82, 2.24) is 19.6 Å². The van der Waals surface area contributed by atoms with Gasteiger partial charge < -0.3 is 14.5 Å². The number of hydrogen-bond acceptors (Lipinski definition) is 4. The van der Waals surface area contributed by atoms with Crippen LogP contribution in [0.15, 0.2) is 24.3 Å². The molecule has 2 aliphatic heterocycles. The van der Waals surface area contributed by atoms with E-state index >= 15 is 0 Å². The molecule has 2 amide bonds. The van der Waals surface area contributed by atoms with E-state index in [4.69, 9.17) is 16.3 Å². The van der Waals surface area contributed by atoms with Crippen molar-refractivity contribution in [2.45, 2.75) is 25.9 Å². The third kappa shape index (κ3) is 3.86. The molecular weight excluding hydrogens is 399 g/mol. The highest BCUT2D eigenvalue weighted by Crippen LogP contribution is 2.26. The summed E-state index contributed by atoms with van der Waals surface area (Å²) in [6.07, 6.45) is 1.32. The Balaban J connectivity index is 1.46. The van der Waals surface area contributed by atoms with Crippen LogP contribution in [0.4, 0.5) is 4.39 Å². The van der Waals surface area contributed by atoms with Crippen molar-refractivity contribution < 1.29 is 18.7 Å². The van der Waals surface area contributed by atoms with E-state index in [2.05, 4.69) is 5.10 Å². The average Bonchev–Trinajstić information content (AvgIpc) is 3.36. The third-order valence-electron chi connectivity index (χ3n) is 5.37. The Kier molecular flexibility index (Phi) is 5.56. The lowest BCUT2D eigenvalue weighted by Crippen LogP contribution is -2.52. The topological polar surface area (TPSA) is 67.7 Å². The minimum absolute atomic E-state index is 0.00735. The molecule has 1 aromatic carbocycles. The minimum atomic E-state index is -0.361. The minimum Gasteiger partial charge on any atom is -0.368 e. The average molecular weight is 421 g/mol. The van der Waals surface area contributed by atoms with Gasteiger partial charge in [-0.15, -0.1) is 0 Å². The number of rotatable bonds is 3. The Morgan fingerprint density at radius 1 is 1.14 bits per heavy atom. The maximum Gasteiger partial charge on any atom is 0.259 e. The number of piperazine rings is 1. The second-order valence-electron chi connectivity index (χ2n) is 7.26. The Hall–Kier alpha value is -2.45. The van der Waals surface area contributed by atoms with Gasteiger partial charge in [0.15, 0.2) is 0 Å². The number of carbonyl (C=O) groups is 2. The molecule has 154 valence electrons. The highest BCUT2D eigenvalue weighted by atomic mass is 35.5. The van der Waals surface area contributed by atoms with Crippen LogP contribution in [-0.4, -0.2) is 70.3 Å². The first-order valence-corrected chi connectivity index (χ1v) is 10.0. The summed E-state index contributed by atoms with van der Waals surface area (Å²) < 4.78 is 20.1. The van der Waals surface area contributed by atoms with Crippen molar-refractivity contribution in [3.8, 4) is 5.69 Å². The van der Waals surface area contributed by atoms with Crippen molar-refractivity contribution in [3.63, 3.8) is 0 Å². The van der Waals surface area contributed by atoms with E-state index in [1.54, 1.807) is 28.9 Å². The zero-order valence-electron chi connectivity index (χ0n) is 16.1. The molecule has 0 N–H and O–H groups in total. The van der Waals surface area contributed by atoms with Gasteiger partial charge in [-0.2, -0.15) is 5.10 Å². The van der Waals surface area contributed by atoms with Crippen molar-refractivity contribution in [3.05, 3.63) is 46.5 Å². The highest BCUT2D eigenvalue weighted by Gasteiger charge is 2.33. The molecule has 7 nitrogen and oxygen atoms in total. The van der Waals surface area contributed by atoms with Gasteiger partial charge >= 0.3 is 0 Å². The predicted octanol–water partition coefficient (Wildman–Crippen LogP) is 2.44. The summed E-state index contributed by atoms with van der Waals surface area (Å²) in [7, 11) is 0. The molecule has 0 spiro atoms. The lowest BCUT2D eigenvalue weighted by Gasteiger charge is -2.35. The number of ether oxygens (including phenoxy) is 1. The van der Waals surface area contributed by atoms with Crippen LogP contribution in [0.5, 0.6) is 0 Å². The molecule has 0 saturated carbocycles. The first-order chi connectivity index (χ1) is 14.0. The SMILES string of the molecule is Cc1nn(-c2ccc(F)cc2)c(Cl)c1C(=O)N1CCN(C(=O)C2CCCO2)CC1. The van der Waals surface area contributed by atoms with Gasteiger partial charge in [-0.3, -0.25) is 9.59 Å². The number of carbonyl (C=O) groups excluding carboxylic acids is 2. The van der Waals surface area contributed by atoms with Crippen molar-refractivity contribution in [1.29, 1.82) is 0 Å². The van der Waals surface area contributed by atoms with E-state index in [0.717, 1.165) is 12.8 Å². The first-order valence-electron chi connectivity index (χ1n) is 9.66. The van der Waals surface area contributed by atoms with Gasteiger partial charge in [0.2, 0.25) is 0 Å². The maximum absolute atomic E-state index is 13.2.